The number of likely N-dealkylation sites (N-methyl/N-ethyl adjacent to an activating group) is 1. The molecule has 0 radical (unpaired) electrons. The quantitative estimate of drug-likeness (QED) is 0.554. The molecule has 0 aliphatic carbocycles. The van der Waals surface area contributed by atoms with Crippen molar-refractivity contribution in [3.8, 4) is 5.69 Å². The summed E-state index contributed by atoms with van der Waals surface area (Å²) >= 11 is 0. The van der Waals surface area contributed by atoms with Crippen molar-refractivity contribution in [1.29, 1.82) is 0 Å². The Kier molecular flexibility index (Phi) is 7.51. The van der Waals surface area contributed by atoms with Crippen LogP contribution in [0.15, 0.2) is 54.6 Å². The molecule has 0 bridgehead atoms. The number of hydrogen-bond donors (Lipinski definition) is 1. The number of carbonyl (C=O) groups is 2. The van der Waals surface area contributed by atoms with Crippen LogP contribution in [0.25, 0.3) is 5.69 Å². The number of aromatic nitrogens is 1. The summed E-state index contributed by atoms with van der Waals surface area (Å²) < 4.78 is 20.7. The van der Waals surface area contributed by atoms with Crippen LogP contribution in [0.2, 0.25) is 0 Å². The zero-order valence-electron chi connectivity index (χ0n) is 20.4. The lowest BCUT2D eigenvalue weighted by Crippen LogP contribution is -2.38. The van der Waals surface area contributed by atoms with Crippen LogP contribution < -0.4 is 10.2 Å². The van der Waals surface area contributed by atoms with Gasteiger partial charge >= 0.3 is 0 Å². The maximum atomic E-state index is 13.4. The van der Waals surface area contributed by atoms with Crippen molar-refractivity contribution < 1.29 is 18.7 Å². The maximum absolute atomic E-state index is 13.4. The van der Waals surface area contributed by atoms with Crippen LogP contribution in [0, 0.1) is 19.7 Å². The van der Waals surface area contributed by atoms with E-state index in [0.29, 0.717) is 31.0 Å². The molecule has 0 atom stereocenters. The molecule has 35 heavy (non-hydrogen) atoms. The average molecular weight is 479 g/mol. The Labute approximate surface area is 205 Å². The summed E-state index contributed by atoms with van der Waals surface area (Å²) in [6, 6.07) is 15.7. The van der Waals surface area contributed by atoms with Gasteiger partial charge in [-0.15, -0.1) is 0 Å². The van der Waals surface area contributed by atoms with E-state index in [2.05, 4.69) is 10.2 Å². The summed E-state index contributed by atoms with van der Waals surface area (Å²) in [4.78, 5) is 29.8. The molecule has 1 N–H and O–H groups in total. The molecule has 1 fully saturated rings. The molecule has 1 aromatic heterocycles. The molecule has 2 aromatic carbocycles. The van der Waals surface area contributed by atoms with Gasteiger partial charge in [-0.2, -0.15) is 0 Å². The molecule has 0 unspecified atom stereocenters. The van der Waals surface area contributed by atoms with Gasteiger partial charge in [0, 0.05) is 48.1 Å². The molecule has 2 amide bonds. The molecule has 0 saturated carbocycles. The first-order chi connectivity index (χ1) is 16.9. The van der Waals surface area contributed by atoms with E-state index in [-0.39, 0.29) is 24.2 Å². The zero-order chi connectivity index (χ0) is 24.9. The summed E-state index contributed by atoms with van der Waals surface area (Å²) in [5, 5.41) is 2.89. The SMILES string of the molecule is CCN(CC(=O)Nc1ccc(N2CCOCC2)cc1)C(=O)c1cc(C)n(-c2ccc(F)cc2)c1C. The Morgan fingerprint density at radius 1 is 1.00 bits per heavy atom. The first-order valence-corrected chi connectivity index (χ1v) is 11.8. The lowest BCUT2D eigenvalue weighted by molar-refractivity contribution is -0.116. The Morgan fingerprint density at radius 3 is 2.26 bits per heavy atom. The molecule has 1 aliphatic rings. The molecule has 3 aromatic rings. The highest BCUT2D eigenvalue weighted by Crippen LogP contribution is 2.23. The first kappa shape index (κ1) is 24.5. The number of ether oxygens (including phenoxy) is 1. The van der Waals surface area contributed by atoms with Crippen LogP contribution >= 0.6 is 0 Å². The summed E-state index contributed by atoms with van der Waals surface area (Å²) in [6.07, 6.45) is 0. The maximum Gasteiger partial charge on any atom is 0.256 e. The van der Waals surface area contributed by atoms with Crippen molar-refractivity contribution in [2.45, 2.75) is 20.8 Å². The minimum atomic E-state index is -0.314. The number of anilines is 2. The van der Waals surface area contributed by atoms with E-state index in [1.807, 2.05) is 55.7 Å². The predicted molar refractivity (Wildman–Crippen MR) is 135 cm³/mol. The van der Waals surface area contributed by atoms with Crippen LogP contribution in [-0.2, 0) is 9.53 Å². The Morgan fingerprint density at radius 2 is 1.63 bits per heavy atom. The van der Waals surface area contributed by atoms with Crippen molar-refractivity contribution in [2.75, 3.05) is 49.6 Å². The third kappa shape index (κ3) is 5.54. The highest BCUT2D eigenvalue weighted by Gasteiger charge is 2.23. The van der Waals surface area contributed by atoms with Gasteiger partial charge < -0.3 is 24.4 Å². The molecule has 2 heterocycles. The van der Waals surface area contributed by atoms with Gasteiger partial charge in [0.2, 0.25) is 5.91 Å². The van der Waals surface area contributed by atoms with Crippen molar-refractivity contribution in [3.63, 3.8) is 0 Å². The predicted octanol–water partition coefficient (Wildman–Crippen LogP) is 4.17. The van der Waals surface area contributed by atoms with E-state index in [1.165, 1.54) is 17.0 Å². The standard InChI is InChI=1S/C27H31FN4O3/c1-4-30(18-26(33)29-22-7-11-23(12-8-22)31-13-15-35-16-14-31)27(34)25-17-19(2)32(20(25)3)24-9-5-21(28)6-10-24/h5-12,17H,4,13-16,18H2,1-3H3,(H,29,33). The average Bonchev–Trinajstić information content (AvgIpc) is 3.17. The molecular formula is C27H31FN4O3. The fourth-order valence-electron chi connectivity index (χ4n) is 4.42. The van der Waals surface area contributed by atoms with Gasteiger partial charge in [-0.3, -0.25) is 9.59 Å². The van der Waals surface area contributed by atoms with Crippen molar-refractivity contribution in [1.82, 2.24) is 9.47 Å². The molecular weight excluding hydrogens is 447 g/mol. The highest BCUT2D eigenvalue weighted by molar-refractivity contribution is 6.00. The smallest absolute Gasteiger partial charge is 0.256 e. The monoisotopic (exact) mass is 478 g/mol. The van der Waals surface area contributed by atoms with Crippen LogP contribution in [0.1, 0.15) is 28.7 Å². The normalized spacial score (nSPS) is 13.5. The number of amides is 2. The van der Waals surface area contributed by atoms with Crippen LogP contribution in [0.4, 0.5) is 15.8 Å². The van der Waals surface area contributed by atoms with Gasteiger partial charge in [-0.1, -0.05) is 0 Å². The molecule has 7 nitrogen and oxygen atoms in total. The van der Waals surface area contributed by atoms with Gasteiger partial charge in [0.05, 0.1) is 18.8 Å². The Balaban J connectivity index is 1.42. The van der Waals surface area contributed by atoms with E-state index in [9.17, 15) is 14.0 Å². The second-order valence-electron chi connectivity index (χ2n) is 8.61. The minimum Gasteiger partial charge on any atom is -0.378 e. The topological polar surface area (TPSA) is 66.8 Å². The van der Waals surface area contributed by atoms with Crippen molar-refractivity contribution in [3.05, 3.63) is 77.4 Å². The van der Waals surface area contributed by atoms with Gasteiger partial charge in [-0.25, -0.2) is 4.39 Å². The lowest BCUT2D eigenvalue weighted by Gasteiger charge is -2.29. The largest absolute Gasteiger partial charge is 0.378 e. The van der Waals surface area contributed by atoms with Crippen LogP contribution in [0.3, 0.4) is 0 Å². The fourth-order valence-corrected chi connectivity index (χ4v) is 4.42. The summed E-state index contributed by atoms with van der Waals surface area (Å²) in [6.45, 7) is 9.06. The van der Waals surface area contributed by atoms with E-state index in [1.54, 1.807) is 12.1 Å². The van der Waals surface area contributed by atoms with E-state index in [0.717, 1.165) is 35.9 Å². The summed E-state index contributed by atoms with van der Waals surface area (Å²) in [5.41, 5.74) is 4.69. The van der Waals surface area contributed by atoms with E-state index >= 15 is 0 Å². The zero-order valence-corrected chi connectivity index (χ0v) is 20.4. The number of carbonyl (C=O) groups excluding carboxylic acids is 2. The lowest BCUT2D eigenvalue weighted by atomic mass is 10.2. The van der Waals surface area contributed by atoms with Gasteiger partial charge in [0.1, 0.15) is 12.4 Å². The number of aryl methyl sites for hydroxylation is 1. The first-order valence-electron chi connectivity index (χ1n) is 11.8. The third-order valence-corrected chi connectivity index (χ3v) is 6.28. The molecule has 8 heteroatoms. The number of halogens is 1. The Bertz CT molecular complexity index is 1180. The van der Waals surface area contributed by atoms with Gasteiger partial charge in [-0.05, 0) is 75.4 Å². The number of nitrogens with zero attached hydrogens (tertiary/aromatic N) is 3. The molecule has 0 spiro atoms. The molecule has 1 saturated heterocycles. The number of morpholine rings is 1. The second-order valence-corrected chi connectivity index (χ2v) is 8.61. The second kappa shape index (κ2) is 10.7. The Hall–Kier alpha value is -3.65. The van der Waals surface area contributed by atoms with E-state index < -0.39 is 0 Å². The minimum absolute atomic E-state index is 0.0548. The number of benzene rings is 2. The number of nitrogens with one attached hydrogen (secondary N) is 1. The third-order valence-electron chi connectivity index (χ3n) is 6.28. The van der Waals surface area contributed by atoms with Crippen LogP contribution in [0.5, 0.6) is 0 Å². The molecule has 1 aliphatic heterocycles. The highest BCUT2D eigenvalue weighted by atomic mass is 19.1. The summed E-state index contributed by atoms with van der Waals surface area (Å²) in [5.74, 6) is -0.787. The molecule has 4 rings (SSSR count). The van der Waals surface area contributed by atoms with Crippen molar-refractivity contribution in [2.24, 2.45) is 0 Å². The van der Waals surface area contributed by atoms with Gasteiger partial charge in [0.25, 0.3) is 5.91 Å². The van der Waals surface area contributed by atoms with Crippen molar-refractivity contribution >= 4 is 23.2 Å². The fraction of sp³-hybridized carbons (Fsp3) is 0.333. The van der Waals surface area contributed by atoms with Gasteiger partial charge in [0.15, 0.2) is 0 Å². The summed E-state index contributed by atoms with van der Waals surface area (Å²) in [7, 11) is 0. The molecule has 184 valence electrons. The number of rotatable bonds is 7. The van der Waals surface area contributed by atoms with Crippen LogP contribution in [-0.4, -0.2) is 60.7 Å². The number of hydrogen-bond acceptors (Lipinski definition) is 4. The van der Waals surface area contributed by atoms with E-state index in [4.69, 9.17) is 4.74 Å².